The summed E-state index contributed by atoms with van der Waals surface area (Å²) >= 11 is 0. The molecule has 0 aliphatic carbocycles. The van der Waals surface area contributed by atoms with Crippen LogP contribution < -0.4 is 91.6 Å². The van der Waals surface area contributed by atoms with Gasteiger partial charge < -0.3 is 117 Å². The Bertz CT molecular complexity index is 4310. The third-order valence-corrected chi connectivity index (χ3v) is 20.9. The highest BCUT2D eigenvalue weighted by molar-refractivity contribution is 8.76. The first-order valence-corrected chi connectivity index (χ1v) is 39.2. The Balaban J connectivity index is 1.48. The molecule has 14 atom stereocenters. The number of benzene rings is 2. The smallest absolute Gasteiger partial charge is 0.305 e. The molecule has 1 fully saturated rings. The predicted molar refractivity (Wildman–Crippen MR) is 418 cm³/mol. The summed E-state index contributed by atoms with van der Waals surface area (Å²) < 4.78 is 0. The molecule has 3 aromatic heterocycles. The van der Waals surface area contributed by atoms with Crippen molar-refractivity contribution in [3.63, 3.8) is 0 Å². The lowest BCUT2D eigenvalue weighted by Crippen LogP contribution is -2.61. The third kappa shape index (κ3) is 28.1. The van der Waals surface area contributed by atoms with Gasteiger partial charge in [0.15, 0.2) is 5.96 Å². The number of carbonyl (C=O) groups is 16. The van der Waals surface area contributed by atoms with Crippen molar-refractivity contribution in [1.82, 2.24) is 94.4 Å². The maximum Gasteiger partial charge on any atom is 0.305 e. The zero-order valence-corrected chi connectivity index (χ0v) is 65.8. The molecule has 0 bridgehead atoms. The molecule has 1 aliphatic rings. The van der Waals surface area contributed by atoms with Crippen molar-refractivity contribution < 1.29 is 86.9 Å². The summed E-state index contributed by atoms with van der Waals surface area (Å²) in [5.41, 5.74) is 19.8. The van der Waals surface area contributed by atoms with Gasteiger partial charge in [0.1, 0.15) is 72.5 Å². The number of guanidine groups is 1. The van der Waals surface area contributed by atoms with Gasteiger partial charge in [0.25, 0.3) is 0 Å². The lowest BCUT2D eigenvalue weighted by Gasteiger charge is -2.29. The number of carboxylic acid groups (broad SMARTS) is 1. The number of aromatic nitrogens is 4. The number of nitrogens with one attached hydrogen (secondary N) is 18. The minimum Gasteiger partial charge on any atom is -0.481 e. The Kier molecular flexibility index (Phi) is 35.0. The van der Waals surface area contributed by atoms with E-state index in [0.717, 1.165) is 34.1 Å². The summed E-state index contributed by atoms with van der Waals surface area (Å²) in [7, 11) is 1.64. The Morgan fingerprint density at radius 1 is 0.640 bits per heavy atom. The average molecular weight is 1630 g/mol. The van der Waals surface area contributed by atoms with Crippen molar-refractivity contribution in [2.24, 2.45) is 29.0 Å². The van der Waals surface area contributed by atoms with E-state index in [1.807, 2.05) is 0 Å². The van der Waals surface area contributed by atoms with Crippen LogP contribution in [0, 0.1) is 24.2 Å². The monoisotopic (exact) mass is 1630 g/mol. The normalized spacial score (nSPS) is 22.6. The van der Waals surface area contributed by atoms with Gasteiger partial charge >= 0.3 is 5.97 Å². The third-order valence-electron chi connectivity index (χ3n) is 18.5. The Morgan fingerprint density at radius 3 is 1.82 bits per heavy atom. The number of hydrogen-bond donors (Lipinski definition) is 23. The van der Waals surface area contributed by atoms with Gasteiger partial charge in [0.05, 0.1) is 31.1 Å². The fourth-order valence-corrected chi connectivity index (χ4v) is 14.3. The van der Waals surface area contributed by atoms with Crippen LogP contribution in [-0.4, -0.2) is 234 Å². The van der Waals surface area contributed by atoms with Gasteiger partial charge in [-0.15, -0.1) is 0 Å². The first-order valence-electron chi connectivity index (χ1n) is 36.7. The van der Waals surface area contributed by atoms with Crippen LogP contribution in [0.3, 0.4) is 0 Å². The van der Waals surface area contributed by atoms with Gasteiger partial charge in [0, 0.05) is 91.1 Å². The van der Waals surface area contributed by atoms with E-state index in [-0.39, 0.29) is 44.3 Å². The lowest BCUT2D eigenvalue weighted by molar-refractivity contribution is -0.141. The summed E-state index contributed by atoms with van der Waals surface area (Å²) in [6.45, 7) is 10.9. The zero-order valence-electron chi connectivity index (χ0n) is 64.1. The molecular formula is C72H102N22O18S2. The number of aromatic amines is 3. The Morgan fingerprint density at radius 2 is 1.21 bits per heavy atom. The van der Waals surface area contributed by atoms with Crippen molar-refractivity contribution in [3.8, 4) is 0 Å². The number of carbonyl (C=O) groups excluding carboxylic acids is 15. The summed E-state index contributed by atoms with van der Waals surface area (Å²) in [5, 5.41) is 65.0. The van der Waals surface area contributed by atoms with E-state index in [9.17, 15) is 72.5 Å². The van der Waals surface area contributed by atoms with Gasteiger partial charge in [-0.05, 0) is 81.2 Å². The second-order valence-corrected chi connectivity index (χ2v) is 30.5. The van der Waals surface area contributed by atoms with E-state index >= 15 is 14.4 Å². The van der Waals surface area contributed by atoms with E-state index in [4.69, 9.17) is 22.6 Å². The highest BCUT2D eigenvalue weighted by atomic mass is 33.1. The molecule has 5 aromatic rings. The van der Waals surface area contributed by atoms with Crippen LogP contribution in [0.1, 0.15) is 109 Å². The number of hydrogen-bond acceptors (Lipinski definition) is 21. The van der Waals surface area contributed by atoms with Crippen molar-refractivity contribution >= 4 is 144 Å². The maximum absolute atomic E-state index is 15.1. The molecule has 0 unspecified atom stereocenters. The fraction of sp³-hybridized carbons (Fsp3) is 0.500. The van der Waals surface area contributed by atoms with E-state index in [1.165, 1.54) is 40.2 Å². The molecule has 4 heterocycles. The standard InChI is InChI=1S/C72H102N22O18S2/c1-9-35(5)58(84-38(8)96)71(112)92-53-31-114-113-30-52(69(110)94-59(37(7)95)60(74)101)91-63(104)46(15-12-20-78-72(75)76)85-66(107)50(24-41-28-77-32-82-41)87-61(102)36(6)83-55(98)29-81-62(103)48(23-40-27-80-45-17-16-34(4)21-43(40)45)88-67(108)51(25-56(99)100)89-64(105)47(18-19-54(73)97)86-65(106)49(90-70(111)57(33(2)3)93-68(53)109)22-39-26-79-44-14-11-10-13-42(39)44/h10-11,13-14,16-17,21,26-28,32-33,35-37,46-53,57-59,79-80,95H,9,12,15,18-20,22-25,29-31H2,1-8H3,(H2,73,97)(H2,74,101)(H,77,82)(H,81,103)(H,83,98)(H,84,96)(H,85,107)(H,86,106)(H,87,102)(H,88,108)(H,89,105)(H,90,111)(H,91,104)(H,92,112)(H,93,109)(H,94,110)(H,99,100)(H4,75,76,78)/t35-,36-,37+,46-,47-,48-,49-,50-,51-,52-,53-,57-,58-,59-/m0/s1. The van der Waals surface area contributed by atoms with Crippen molar-refractivity contribution in [3.05, 3.63) is 89.8 Å². The number of rotatable bonds is 25. The molecule has 620 valence electrons. The number of fused-ring (bicyclic) bond motifs is 2. The Labute approximate surface area is 662 Å². The zero-order chi connectivity index (χ0) is 84.2. The van der Waals surface area contributed by atoms with Crippen molar-refractivity contribution in [1.29, 1.82) is 5.41 Å². The lowest BCUT2D eigenvalue weighted by atomic mass is 9.97. The second kappa shape index (κ2) is 43.8. The molecule has 1 saturated heterocycles. The molecule has 0 spiro atoms. The van der Waals surface area contributed by atoms with Gasteiger partial charge in [0.2, 0.25) is 88.6 Å². The summed E-state index contributed by atoms with van der Waals surface area (Å²) in [6, 6.07) is -7.75. The molecule has 114 heavy (non-hydrogen) atoms. The number of aryl methyl sites for hydroxylation is 1. The molecule has 26 N–H and O–H groups in total. The Hall–Kier alpha value is -11.8. The van der Waals surface area contributed by atoms with Crippen LogP contribution in [0.5, 0.6) is 0 Å². The van der Waals surface area contributed by atoms with Crippen LogP contribution in [-0.2, 0) is 96.0 Å². The number of H-pyrrole nitrogens is 3. The topological polar surface area (TPSA) is 644 Å². The van der Waals surface area contributed by atoms with Crippen LogP contribution in [0.4, 0.5) is 0 Å². The number of aliphatic hydroxyl groups is 1. The molecule has 0 saturated carbocycles. The highest BCUT2D eigenvalue weighted by Crippen LogP contribution is 2.26. The van der Waals surface area contributed by atoms with E-state index in [2.05, 4.69) is 94.4 Å². The van der Waals surface area contributed by atoms with Crippen molar-refractivity contribution in [2.45, 2.75) is 192 Å². The number of nitrogens with zero attached hydrogens (tertiary/aromatic N) is 1. The van der Waals surface area contributed by atoms with Crippen molar-refractivity contribution in [2.75, 3.05) is 24.6 Å². The summed E-state index contributed by atoms with van der Waals surface area (Å²) in [5.74, 6) is -19.9. The number of nitrogens with two attached hydrogens (primary N) is 3. The second-order valence-electron chi connectivity index (χ2n) is 28.0. The van der Waals surface area contributed by atoms with E-state index in [1.54, 1.807) is 75.6 Å². The summed E-state index contributed by atoms with van der Waals surface area (Å²) in [4.78, 5) is 239. The van der Waals surface area contributed by atoms with Gasteiger partial charge in [-0.25, -0.2) is 4.98 Å². The largest absolute Gasteiger partial charge is 0.481 e. The highest BCUT2D eigenvalue weighted by Gasteiger charge is 2.39. The number of amides is 15. The minimum absolute atomic E-state index is 0.00413. The number of para-hydroxylation sites is 1. The number of aliphatic carboxylic acids is 1. The molecule has 40 nitrogen and oxygen atoms in total. The van der Waals surface area contributed by atoms with Crippen LogP contribution in [0.25, 0.3) is 21.8 Å². The van der Waals surface area contributed by atoms with Crippen LogP contribution in [0.2, 0.25) is 0 Å². The number of carboxylic acids is 1. The minimum atomic E-state index is -2.06. The molecule has 0 radical (unpaired) electrons. The van der Waals surface area contributed by atoms with Gasteiger partial charge in [-0.1, -0.05) is 85.5 Å². The molecule has 6 rings (SSSR count). The predicted octanol–water partition coefficient (Wildman–Crippen LogP) is -4.35. The van der Waals surface area contributed by atoms with Gasteiger partial charge in [-0.3, -0.25) is 82.1 Å². The first kappa shape index (κ1) is 91.1. The van der Waals surface area contributed by atoms with Crippen LogP contribution in [0.15, 0.2) is 67.4 Å². The summed E-state index contributed by atoms with van der Waals surface area (Å²) in [6.07, 6.45) is 0.848. The number of primary amides is 2. The molecule has 2 aromatic carbocycles. The van der Waals surface area contributed by atoms with E-state index in [0.29, 0.717) is 39.4 Å². The van der Waals surface area contributed by atoms with E-state index < -0.39 is 228 Å². The maximum atomic E-state index is 15.1. The van der Waals surface area contributed by atoms with Gasteiger partial charge in [-0.2, -0.15) is 0 Å². The quantitative estimate of drug-likeness (QED) is 0.0114. The molecule has 1 aliphatic heterocycles. The fourth-order valence-electron chi connectivity index (χ4n) is 12.0. The first-order chi connectivity index (χ1) is 53.9. The number of aliphatic hydroxyl groups excluding tert-OH is 1. The molecule has 15 amide bonds. The number of imidazole rings is 1. The SMILES string of the molecule is CC[C@H](C)[C@H](NC(C)=O)C(=O)N[C@H]1CSSC[C@@H](C(=O)N[C@H](C(N)=O)[C@@H](C)O)NC(=O)[C@H](CCCNC(=N)N)NC(=O)[C@H](Cc2c[nH]cn2)NC(=O)[C@H](C)NC(=O)CNC(=O)[C@H](Cc2c[nH]c3ccc(C)cc23)NC(=O)[C@H](CC(=O)O)NC(=O)[C@H](CCC(N)=O)NC(=O)[C@H](Cc2c[nH]c3ccccc23)NC(=O)[C@H](C(C)C)NC1=O. The van der Waals surface area contributed by atoms with Crippen LogP contribution >= 0.6 is 21.6 Å². The molecular weight excluding hydrogens is 1530 g/mol. The molecule has 42 heteroatoms. The average Bonchev–Trinajstić information content (AvgIpc) is 1.66.